The van der Waals surface area contributed by atoms with Gasteiger partial charge in [-0.15, -0.1) is 0 Å². The first-order valence-electron chi connectivity index (χ1n) is 8.46. The molecule has 3 heteroatoms. The first kappa shape index (κ1) is 15.6. The molecule has 0 bridgehead atoms. The average Bonchev–Trinajstić information content (AvgIpc) is 2.94. The fourth-order valence-electron chi connectivity index (χ4n) is 3.50. The molecule has 0 spiro atoms. The van der Waals surface area contributed by atoms with Crippen molar-refractivity contribution in [3.8, 4) is 0 Å². The van der Waals surface area contributed by atoms with Crippen LogP contribution in [0.4, 0.5) is 0 Å². The molecule has 0 radical (unpaired) electrons. The van der Waals surface area contributed by atoms with E-state index >= 15 is 0 Å². The van der Waals surface area contributed by atoms with Crippen LogP contribution in [-0.4, -0.2) is 22.9 Å². The maximum atomic E-state index is 4.84. The molecular formula is C17H31N3. The van der Waals surface area contributed by atoms with Crippen molar-refractivity contribution in [1.82, 2.24) is 15.1 Å². The van der Waals surface area contributed by atoms with Crippen LogP contribution in [0.2, 0.25) is 0 Å². The molecule has 1 heterocycles. The summed E-state index contributed by atoms with van der Waals surface area (Å²) in [6.07, 6.45) is 12.6. The summed E-state index contributed by atoms with van der Waals surface area (Å²) in [6, 6.07) is 3.42. The van der Waals surface area contributed by atoms with Gasteiger partial charge in [0, 0.05) is 18.7 Å². The topological polar surface area (TPSA) is 29.9 Å². The lowest BCUT2D eigenvalue weighted by Gasteiger charge is -2.23. The highest BCUT2D eigenvalue weighted by Gasteiger charge is 2.19. The van der Waals surface area contributed by atoms with E-state index in [-0.39, 0.29) is 0 Å². The molecule has 0 amide bonds. The Morgan fingerprint density at radius 2 is 2.10 bits per heavy atom. The fourth-order valence-corrected chi connectivity index (χ4v) is 3.50. The first-order chi connectivity index (χ1) is 9.74. The van der Waals surface area contributed by atoms with Crippen LogP contribution >= 0.6 is 0 Å². The Hall–Kier alpha value is -0.830. The molecule has 0 saturated heterocycles. The van der Waals surface area contributed by atoms with Gasteiger partial charge in [0.25, 0.3) is 0 Å². The second-order valence-corrected chi connectivity index (χ2v) is 6.44. The molecule has 1 aromatic heterocycles. The van der Waals surface area contributed by atoms with Gasteiger partial charge in [0.15, 0.2) is 0 Å². The third-order valence-corrected chi connectivity index (χ3v) is 4.84. The van der Waals surface area contributed by atoms with Crippen molar-refractivity contribution in [2.45, 2.75) is 77.3 Å². The second-order valence-electron chi connectivity index (χ2n) is 6.44. The van der Waals surface area contributed by atoms with E-state index in [0.717, 1.165) is 6.42 Å². The van der Waals surface area contributed by atoms with E-state index in [0.29, 0.717) is 18.0 Å². The molecule has 1 aliphatic carbocycles. The van der Waals surface area contributed by atoms with E-state index in [4.69, 9.17) is 5.10 Å². The molecular weight excluding hydrogens is 246 g/mol. The number of hydrogen-bond donors (Lipinski definition) is 1. The van der Waals surface area contributed by atoms with Crippen molar-refractivity contribution in [3.05, 3.63) is 18.0 Å². The van der Waals surface area contributed by atoms with Crippen molar-refractivity contribution >= 4 is 0 Å². The number of hydrogen-bond acceptors (Lipinski definition) is 2. The zero-order valence-electron chi connectivity index (χ0n) is 13.4. The molecule has 20 heavy (non-hydrogen) atoms. The summed E-state index contributed by atoms with van der Waals surface area (Å²) >= 11 is 0. The standard InChI is InChI=1S/C17H31N3/c1-4-8-14(2)17(18-3)13-15-11-12-20(19-15)16-9-6-5-7-10-16/h11-12,14,16-18H,4-10,13H2,1-3H3. The SMILES string of the molecule is CCCC(C)C(Cc1ccn(C2CCCCC2)n1)NC. The van der Waals surface area contributed by atoms with Crippen molar-refractivity contribution in [2.24, 2.45) is 5.92 Å². The van der Waals surface area contributed by atoms with Gasteiger partial charge in [-0.1, -0.05) is 39.5 Å². The maximum Gasteiger partial charge on any atom is 0.0640 e. The molecule has 1 aliphatic rings. The molecule has 1 aromatic rings. The molecule has 0 aliphatic heterocycles. The Bertz CT molecular complexity index is 379. The smallest absolute Gasteiger partial charge is 0.0640 e. The Morgan fingerprint density at radius 3 is 2.75 bits per heavy atom. The third-order valence-electron chi connectivity index (χ3n) is 4.84. The summed E-state index contributed by atoms with van der Waals surface area (Å²) in [6.45, 7) is 4.61. The molecule has 1 N–H and O–H groups in total. The quantitative estimate of drug-likeness (QED) is 0.817. The van der Waals surface area contributed by atoms with Gasteiger partial charge < -0.3 is 5.32 Å². The fraction of sp³-hybridized carbons (Fsp3) is 0.824. The molecule has 114 valence electrons. The summed E-state index contributed by atoms with van der Waals surface area (Å²) < 4.78 is 2.23. The zero-order valence-corrected chi connectivity index (χ0v) is 13.4. The highest BCUT2D eigenvalue weighted by molar-refractivity contribution is 5.03. The molecule has 0 aromatic carbocycles. The molecule has 2 unspecified atom stereocenters. The van der Waals surface area contributed by atoms with Gasteiger partial charge in [-0.05, 0) is 38.3 Å². The summed E-state index contributed by atoms with van der Waals surface area (Å²) in [5.41, 5.74) is 1.25. The summed E-state index contributed by atoms with van der Waals surface area (Å²) in [5.74, 6) is 0.713. The maximum absolute atomic E-state index is 4.84. The number of nitrogens with zero attached hydrogens (tertiary/aromatic N) is 2. The normalized spacial score (nSPS) is 19.9. The number of aromatic nitrogens is 2. The van der Waals surface area contributed by atoms with Gasteiger partial charge in [0.2, 0.25) is 0 Å². The highest BCUT2D eigenvalue weighted by Crippen LogP contribution is 2.27. The van der Waals surface area contributed by atoms with Crippen molar-refractivity contribution in [2.75, 3.05) is 7.05 Å². The van der Waals surface area contributed by atoms with E-state index in [1.54, 1.807) is 0 Å². The Balaban J connectivity index is 1.93. The van der Waals surface area contributed by atoms with Crippen LogP contribution in [0.15, 0.2) is 12.3 Å². The van der Waals surface area contributed by atoms with Gasteiger partial charge in [-0.3, -0.25) is 4.68 Å². The van der Waals surface area contributed by atoms with E-state index in [9.17, 15) is 0 Å². The van der Waals surface area contributed by atoms with Crippen LogP contribution in [-0.2, 0) is 6.42 Å². The molecule has 2 rings (SSSR count). The molecule has 2 atom stereocenters. The van der Waals surface area contributed by atoms with Crippen LogP contribution < -0.4 is 5.32 Å². The minimum atomic E-state index is 0.546. The second kappa shape index (κ2) is 7.82. The van der Waals surface area contributed by atoms with E-state index in [2.05, 4.69) is 43.2 Å². The summed E-state index contributed by atoms with van der Waals surface area (Å²) in [4.78, 5) is 0. The summed E-state index contributed by atoms with van der Waals surface area (Å²) in [5, 5.41) is 8.32. The molecule has 1 saturated carbocycles. The monoisotopic (exact) mass is 277 g/mol. The zero-order chi connectivity index (χ0) is 14.4. The van der Waals surface area contributed by atoms with Gasteiger partial charge >= 0.3 is 0 Å². The predicted octanol–water partition coefficient (Wildman–Crippen LogP) is 3.96. The largest absolute Gasteiger partial charge is 0.316 e. The van der Waals surface area contributed by atoms with E-state index < -0.39 is 0 Å². The number of likely N-dealkylation sites (N-methyl/N-ethyl adjacent to an activating group) is 1. The lowest BCUT2D eigenvalue weighted by molar-refractivity contribution is 0.325. The van der Waals surface area contributed by atoms with Crippen molar-refractivity contribution < 1.29 is 0 Å². The van der Waals surface area contributed by atoms with E-state index in [1.165, 1.54) is 50.6 Å². The van der Waals surface area contributed by atoms with Crippen LogP contribution in [0.5, 0.6) is 0 Å². The lowest BCUT2D eigenvalue weighted by atomic mass is 9.93. The molecule has 1 fully saturated rings. The van der Waals surface area contributed by atoms with Gasteiger partial charge in [-0.25, -0.2) is 0 Å². The Kier molecular flexibility index (Phi) is 6.08. The van der Waals surface area contributed by atoms with Crippen LogP contribution in [0.3, 0.4) is 0 Å². The van der Waals surface area contributed by atoms with Crippen LogP contribution in [0.25, 0.3) is 0 Å². The highest BCUT2D eigenvalue weighted by atomic mass is 15.3. The number of nitrogens with one attached hydrogen (secondary N) is 1. The molecule has 3 nitrogen and oxygen atoms in total. The average molecular weight is 277 g/mol. The first-order valence-corrected chi connectivity index (χ1v) is 8.46. The minimum absolute atomic E-state index is 0.546. The number of rotatable bonds is 7. The third kappa shape index (κ3) is 4.08. The van der Waals surface area contributed by atoms with Crippen LogP contribution in [0.1, 0.15) is 70.5 Å². The van der Waals surface area contributed by atoms with Gasteiger partial charge in [-0.2, -0.15) is 5.10 Å². The van der Waals surface area contributed by atoms with Gasteiger partial charge in [0.1, 0.15) is 0 Å². The Labute approximate surface area is 124 Å². The predicted molar refractivity (Wildman–Crippen MR) is 85.0 cm³/mol. The Morgan fingerprint density at radius 1 is 1.35 bits per heavy atom. The minimum Gasteiger partial charge on any atom is -0.316 e. The van der Waals surface area contributed by atoms with E-state index in [1.807, 2.05) is 0 Å². The van der Waals surface area contributed by atoms with Crippen molar-refractivity contribution in [1.29, 1.82) is 0 Å². The lowest BCUT2D eigenvalue weighted by Crippen LogP contribution is -2.34. The van der Waals surface area contributed by atoms with Crippen molar-refractivity contribution in [3.63, 3.8) is 0 Å². The van der Waals surface area contributed by atoms with Crippen LogP contribution in [0, 0.1) is 5.92 Å². The van der Waals surface area contributed by atoms with Gasteiger partial charge in [0.05, 0.1) is 11.7 Å². The summed E-state index contributed by atoms with van der Waals surface area (Å²) in [7, 11) is 2.08.